The Hall–Kier alpha value is -1.46. The number of hydrogen-bond acceptors (Lipinski definition) is 4. The average Bonchev–Trinajstić information content (AvgIpc) is 2.81. The molecule has 19 heavy (non-hydrogen) atoms. The van der Waals surface area contributed by atoms with Gasteiger partial charge in [0.2, 0.25) is 0 Å². The van der Waals surface area contributed by atoms with Gasteiger partial charge in [-0.1, -0.05) is 12.1 Å². The van der Waals surface area contributed by atoms with E-state index in [0.717, 1.165) is 31.0 Å². The van der Waals surface area contributed by atoms with Gasteiger partial charge in [-0.2, -0.15) is 0 Å². The van der Waals surface area contributed by atoms with Gasteiger partial charge >= 0.3 is 0 Å². The van der Waals surface area contributed by atoms with Crippen molar-refractivity contribution in [3.63, 3.8) is 0 Å². The number of nitrogens with zero attached hydrogens (tertiary/aromatic N) is 2. The lowest BCUT2D eigenvalue weighted by Gasteiger charge is -2.11. The zero-order valence-corrected chi connectivity index (χ0v) is 11.3. The highest BCUT2D eigenvalue weighted by Gasteiger charge is 2.18. The SMILES string of the molecule is CN1CCC(CNCCc2ccc([N+](=O)[O-])cc2)C1. The third-order valence-electron chi connectivity index (χ3n) is 3.66. The second-order valence-electron chi connectivity index (χ2n) is 5.29. The van der Waals surface area contributed by atoms with E-state index in [1.54, 1.807) is 12.1 Å². The van der Waals surface area contributed by atoms with Crippen molar-refractivity contribution in [3.05, 3.63) is 39.9 Å². The maximum absolute atomic E-state index is 10.5. The summed E-state index contributed by atoms with van der Waals surface area (Å²) in [6, 6.07) is 6.81. The largest absolute Gasteiger partial charge is 0.316 e. The van der Waals surface area contributed by atoms with Gasteiger partial charge < -0.3 is 10.2 Å². The van der Waals surface area contributed by atoms with E-state index in [4.69, 9.17) is 0 Å². The fourth-order valence-corrected chi connectivity index (χ4v) is 2.52. The van der Waals surface area contributed by atoms with Crippen LogP contribution in [0.4, 0.5) is 5.69 Å². The van der Waals surface area contributed by atoms with Gasteiger partial charge in [0.05, 0.1) is 4.92 Å². The Labute approximate surface area is 113 Å². The van der Waals surface area contributed by atoms with Gasteiger partial charge in [0.25, 0.3) is 5.69 Å². The van der Waals surface area contributed by atoms with E-state index in [-0.39, 0.29) is 10.6 Å². The number of nitrogens with one attached hydrogen (secondary N) is 1. The van der Waals surface area contributed by atoms with Crippen molar-refractivity contribution in [2.24, 2.45) is 5.92 Å². The van der Waals surface area contributed by atoms with Crippen LogP contribution in [0.5, 0.6) is 0 Å². The van der Waals surface area contributed by atoms with Crippen LogP contribution in [0.2, 0.25) is 0 Å². The van der Waals surface area contributed by atoms with Crippen LogP contribution in [0.3, 0.4) is 0 Å². The highest BCUT2D eigenvalue weighted by Crippen LogP contribution is 2.13. The zero-order valence-electron chi connectivity index (χ0n) is 11.3. The molecule has 0 spiro atoms. The van der Waals surface area contributed by atoms with Crippen LogP contribution in [-0.4, -0.2) is 43.0 Å². The van der Waals surface area contributed by atoms with E-state index in [2.05, 4.69) is 17.3 Å². The first kappa shape index (κ1) is 14.0. The first-order chi connectivity index (χ1) is 9.15. The molecule has 1 heterocycles. The van der Waals surface area contributed by atoms with Gasteiger partial charge in [-0.05, 0) is 51.0 Å². The van der Waals surface area contributed by atoms with Crippen LogP contribution in [0.1, 0.15) is 12.0 Å². The van der Waals surface area contributed by atoms with Crippen molar-refractivity contribution < 1.29 is 4.92 Å². The molecule has 5 heteroatoms. The van der Waals surface area contributed by atoms with Crippen LogP contribution >= 0.6 is 0 Å². The Morgan fingerprint density at radius 1 is 1.42 bits per heavy atom. The molecule has 0 aromatic heterocycles. The predicted molar refractivity (Wildman–Crippen MR) is 75.3 cm³/mol. The van der Waals surface area contributed by atoms with Crippen molar-refractivity contribution >= 4 is 5.69 Å². The molecule has 1 aliphatic rings. The molecule has 5 nitrogen and oxygen atoms in total. The van der Waals surface area contributed by atoms with Crippen molar-refractivity contribution in [1.29, 1.82) is 0 Å². The first-order valence-electron chi connectivity index (χ1n) is 6.78. The molecule has 0 radical (unpaired) electrons. The topological polar surface area (TPSA) is 58.4 Å². The van der Waals surface area contributed by atoms with Gasteiger partial charge in [-0.15, -0.1) is 0 Å². The second-order valence-corrected chi connectivity index (χ2v) is 5.29. The maximum Gasteiger partial charge on any atom is 0.269 e. The van der Waals surface area contributed by atoms with E-state index in [0.29, 0.717) is 0 Å². The lowest BCUT2D eigenvalue weighted by Crippen LogP contribution is -2.26. The number of rotatable bonds is 6. The summed E-state index contributed by atoms with van der Waals surface area (Å²) in [4.78, 5) is 12.5. The zero-order chi connectivity index (χ0) is 13.7. The summed E-state index contributed by atoms with van der Waals surface area (Å²) in [5.41, 5.74) is 1.30. The predicted octanol–water partition coefficient (Wildman–Crippen LogP) is 1.68. The lowest BCUT2D eigenvalue weighted by molar-refractivity contribution is -0.384. The van der Waals surface area contributed by atoms with E-state index < -0.39 is 0 Å². The molecule has 1 N–H and O–H groups in total. The molecule has 0 amide bonds. The minimum atomic E-state index is -0.362. The summed E-state index contributed by atoms with van der Waals surface area (Å²) in [5.74, 6) is 0.766. The summed E-state index contributed by atoms with van der Waals surface area (Å²) >= 11 is 0. The molecule has 1 aromatic rings. The van der Waals surface area contributed by atoms with E-state index >= 15 is 0 Å². The molecule has 0 saturated carbocycles. The fourth-order valence-electron chi connectivity index (χ4n) is 2.52. The number of non-ortho nitro benzene ring substituents is 1. The second kappa shape index (κ2) is 6.63. The van der Waals surface area contributed by atoms with Gasteiger partial charge in [-0.25, -0.2) is 0 Å². The van der Waals surface area contributed by atoms with Crippen molar-refractivity contribution in [2.45, 2.75) is 12.8 Å². The Morgan fingerprint density at radius 3 is 2.74 bits per heavy atom. The third kappa shape index (κ3) is 4.29. The molecule has 1 unspecified atom stereocenters. The minimum Gasteiger partial charge on any atom is -0.316 e. The Morgan fingerprint density at radius 2 is 2.16 bits per heavy atom. The molecule has 1 aliphatic heterocycles. The standard InChI is InChI=1S/C14H21N3O2/c1-16-9-7-13(11-16)10-15-8-6-12-2-4-14(5-3-12)17(18)19/h2-5,13,15H,6-11H2,1H3. The van der Waals surface area contributed by atoms with Gasteiger partial charge in [0.1, 0.15) is 0 Å². The summed E-state index contributed by atoms with van der Waals surface area (Å²) in [5, 5.41) is 14.0. The van der Waals surface area contributed by atoms with Crippen LogP contribution in [0.15, 0.2) is 24.3 Å². The molecule has 104 valence electrons. The number of hydrogen-bond donors (Lipinski definition) is 1. The number of likely N-dealkylation sites (tertiary alicyclic amines) is 1. The minimum absolute atomic E-state index is 0.158. The maximum atomic E-state index is 10.5. The molecule has 0 bridgehead atoms. The average molecular weight is 263 g/mol. The molecule has 1 saturated heterocycles. The molecule has 1 fully saturated rings. The number of nitro benzene ring substituents is 1. The highest BCUT2D eigenvalue weighted by atomic mass is 16.6. The van der Waals surface area contributed by atoms with Crippen LogP contribution in [-0.2, 0) is 6.42 Å². The Bertz CT molecular complexity index is 419. The number of benzene rings is 1. The monoisotopic (exact) mass is 263 g/mol. The number of nitro groups is 1. The first-order valence-corrected chi connectivity index (χ1v) is 6.78. The summed E-state index contributed by atoms with van der Waals surface area (Å²) < 4.78 is 0. The summed E-state index contributed by atoms with van der Waals surface area (Å²) in [6.07, 6.45) is 2.20. The molecular formula is C14H21N3O2. The van der Waals surface area contributed by atoms with Gasteiger partial charge in [0, 0.05) is 18.7 Å². The van der Waals surface area contributed by atoms with Gasteiger partial charge in [0.15, 0.2) is 0 Å². The molecular weight excluding hydrogens is 242 g/mol. The van der Waals surface area contributed by atoms with Crippen LogP contribution in [0.25, 0.3) is 0 Å². The normalized spacial score (nSPS) is 19.7. The molecule has 0 aliphatic carbocycles. The Kier molecular flexibility index (Phi) is 4.87. The quantitative estimate of drug-likeness (QED) is 0.482. The molecule has 1 aromatic carbocycles. The van der Waals surface area contributed by atoms with Crippen LogP contribution in [0, 0.1) is 16.0 Å². The van der Waals surface area contributed by atoms with E-state index in [1.807, 2.05) is 12.1 Å². The van der Waals surface area contributed by atoms with E-state index in [1.165, 1.54) is 19.5 Å². The summed E-state index contributed by atoms with van der Waals surface area (Å²) in [7, 11) is 2.16. The van der Waals surface area contributed by atoms with Crippen molar-refractivity contribution in [2.75, 3.05) is 33.2 Å². The smallest absolute Gasteiger partial charge is 0.269 e. The lowest BCUT2D eigenvalue weighted by atomic mass is 10.1. The summed E-state index contributed by atoms with van der Waals surface area (Å²) in [6.45, 7) is 4.38. The Balaban J connectivity index is 1.66. The van der Waals surface area contributed by atoms with E-state index in [9.17, 15) is 10.1 Å². The molecule has 2 rings (SSSR count). The fraction of sp³-hybridized carbons (Fsp3) is 0.571. The van der Waals surface area contributed by atoms with Gasteiger partial charge in [-0.3, -0.25) is 10.1 Å². The van der Waals surface area contributed by atoms with Crippen molar-refractivity contribution in [1.82, 2.24) is 10.2 Å². The third-order valence-corrected chi connectivity index (χ3v) is 3.66. The highest BCUT2D eigenvalue weighted by molar-refractivity contribution is 5.32. The molecule has 1 atom stereocenters. The van der Waals surface area contributed by atoms with Crippen molar-refractivity contribution in [3.8, 4) is 0 Å². The van der Waals surface area contributed by atoms with Crippen LogP contribution < -0.4 is 5.32 Å².